The van der Waals surface area contributed by atoms with Crippen molar-refractivity contribution in [3.8, 4) is 5.75 Å². The molecule has 1 amide bonds. The van der Waals surface area contributed by atoms with Crippen LogP contribution in [0.5, 0.6) is 5.75 Å². The number of benzene rings is 1. The summed E-state index contributed by atoms with van der Waals surface area (Å²) in [5.41, 5.74) is 4.61. The first-order valence-corrected chi connectivity index (χ1v) is 8.26. The largest absolute Gasteiger partial charge is 0.484 e. The number of carbonyl (C=O) groups excluding carboxylic acids is 1. The van der Waals surface area contributed by atoms with Gasteiger partial charge in [-0.1, -0.05) is 30.9 Å². The SMILES string of the molecule is Cc1cc(OCC(=O)NN=C2CCCCCCC2)ccc1Cl. The highest BCUT2D eigenvalue weighted by atomic mass is 35.5. The quantitative estimate of drug-likeness (QED) is 0.843. The average Bonchev–Trinajstić information content (AvgIpc) is 2.47. The maximum Gasteiger partial charge on any atom is 0.277 e. The molecule has 4 nitrogen and oxygen atoms in total. The summed E-state index contributed by atoms with van der Waals surface area (Å²) in [6, 6.07) is 5.33. The molecule has 0 spiro atoms. The molecule has 22 heavy (non-hydrogen) atoms. The predicted octanol–water partition coefficient (Wildman–Crippen LogP) is 4.24. The monoisotopic (exact) mass is 322 g/mol. The fourth-order valence-electron chi connectivity index (χ4n) is 2.45. The highest BCUT2D eigenvalue weighted by Gasteiger charge is 2.07. The lowest BCUT2D eigenvalue weighted by molar-refractivity contribution is -0.123. The molecule has 1 N–H and O–H groups in total. The number of nitrogens with one attached hydrogen (secondary N) is 1. The van der Waals surface area contributed by atoms with Crippen LogP contribution in [0, 0.1) is 6.92 Å². The van der Waals surface area contributed by atoms with Crippen LogP contribution in [0.3, 0.4) is 0 Å². The summed E-state index contributed by atoms with van der Waals surface area (Å²) in [7, 11) is 0. The number of rotatable bonds is 4. The topological polar surface area (TPSA) is 50.7 Å². The smallest absolute Gasteiger partial charge is 0.277 e. The number of hydrogen-bond donors (Lipinski definition) is 1. The minimum Gasteiger partial charge on any atom is -0.484 e. The number of nitrogens with zero attached hydrogens (tertiary/aromatic N) is 1. The Balaban J connectivity index is 1.78. The van der Waals surface area contributed by atoms with E-state index < -0.39 is 0 Å². The Hall–Kier alpha value is -1.55. The van der Waals surface area contributed by atoms with Gasteiger partial charge in [0, 0.05) is 10.7 Å². The van der Waals surface area contributed by atoms with Gasteiger partial charge < -0.3 is 4.74 Å². The molecule has 0 atom stereocenters. The molecule has 1 saturated carbocycles. The molecule has 1 aromatic carbocycles. The average molecular weight is 323 g/mol. The van der Waals surface area contributed by atoms with Gasteiger partial charge in [0.2, 0.25) is 0 Å². The Bertz CT molecular complexity index is 533. The Kier molecular flexibility index (Phi) is 6.72. The fourth-order valence-corrected chi connectivity index (χ4v) is 2.57. The van der Waals surface area contributed by atoms with Crippen molar-refractivity contribution < 1.29 is 9.53 Å². The summed E-state index contributed by atoms with van der Waals surface area (Å²) in [4.78, 5) is 11.8. The van der Waals surface area contributed by atoms with Crippen LogP contribution in [0.25, 0.3) is 0 Å². The first-order chi connectivity index (χ1) is 10.6. The van der Waals surface area contributed by atoms with Crippen LogP contribution in [-0.2, 0) is 4.79 Å². The Morgan fingerprint density at radius 1 is 1.23 bits per heavy atom. The van der Waals surface area contributed by atoms with Crippen LogP contribution >= 0.6 is 11.6 Å². The van der Waals surface area contributed by atoms with Crippen LogP contribution in [0.2, 0.25) is 5.02 Å². The van der Waals surface area contributed by atoms with E-state index >= 15 is 0 Å². The number of halogens is 1. The number of ether oxygens (including phenoxy) is 1. The number of aryl methyl sites for hydroxylation is 1. The molecular formula is C17H23ClN2O2. The lowest BCUT2D eigenvalue weighted by Crippen LogP contribution is -2.26. The van der Waals surface area contributed by atoms with Crippen molar-refractivity contribution >= 4 is 23.2 Å². The van der Waals surface area contributed by atoms with Crippen molar-refractivity contribution in [2.75, 3.05) is 6.61 Å². The van der Waals surface area contributed by atoms with Gasteiger partial charge in [-0.25, -0.2) is 5.43 Å². The molecule has 0 unspecified atom stereocenters. The Labute approximate surface area is 136 Å². The second-order valence-electron chi connectivity index (χ2n) is 5.68. The molecule has 1 aliphatic rings. The summed E-state index contributed by atoms with van der Waals surface area (Å²) >= 11 is 5.95. The summed E-state index contributed by atoms with van der Waals surface area (Å²) in [5, 5.41) is 4.93. The Morgan fingerprint density at radius 3 is 2.59 bits per heavy atom. The minimum absolute atomic E-state index is 0.0438. The van der Waals surface area contributed by atoms with Gasteiger partial charge in [-0.15, -0.1) is 0 Å². The van der Waals surface area contributed by atoms with Gasteiger partial charge in [0.25, 0.3) is 5.91 Å². The molecule has 0 radical (unpaired) electrons. The molecule has 120 valence electrons. The first kappa shape index (κ1) is 16.8. The number of carbonyl (C=O) groups is 1. The number of hydrazone groups is 1. The summed E-state index contributed by atoms with van der Waals surface area (Å²) < 4.78 is 5.45. The lowest BCUT2D eigenvalue weighted by Gasteiger charge is -2.11. The van der Waals surface area contributed by atoms with Crippen LogP contribution < -0.4 is 10.2 Å². The van der Waals surface area contributed by atoms with Gasteiger partial charge in [0.1, 0.15) is 5.75 Å². The molecule has 0 heterocycles. The van der Waals surface area contributed by atoms with Crippen molar-refractivity contribution in [1.82, 2.24) is 5.43 Å². The maximum absolute atomic E-state index is 11.8. The molecule has 0 aliphatic heterocycles. The van der Waals surface area contributed by atoms with E-state index in [1.54, 1.807) is 12.1 Å². The van der Waals surface area contributed by atoms with Gasteiger partial charge in [0.05, 0.1) is 0 Å². The molecule has 2 rings (SSSR count). The second-order valence-corrected chi connectivity index (χ2v) is 6.09. The van der Waals surface area contributed by atoms with Crippen LogP contribution in [0.15, 0.2) is 23.3 Å². The second kappa shape index (κ2) is 8.79. The van der Waals surface area contributed by atoms with Crippen molar-refractivity contribution in [2.24, 2.45) is 5.10 Å². The van der Waals surface area contributed by atoms with E-state index in [1.807, 2.05) is 13.0 Å². The number of amides is 1. The molecular weight excluding hydrogens is 300 g/mol. The Morgan fingerprint density at radius 2 is 1.91 bits per heavy atom. The molecule has 0 aromatic heterocycles. The van der Waals surface area contributed by atoms with Gasteiger partial charge in [0.15, 0.2) is 6.61 Å². The molecule has 1 aromatic rings. The highest BCUT2D eigenvalue weighted by molar-refractivity contribution is 6.31. The third-order valence-corrected chi connectivity index (χ3v) is 4.19. The van der Waals surface area contributed by atoms with E-state index in [-0.39, 0.29) is 12.5 Å². The predicted molar refractivity (Wildman–Crippen MR) is 89.6 cm³/mol. The standard InChI is InChI=1S/C17H23ClN2O2/c1-13-11-15(9-10-16(13)18)22-12-17(21)20-19-14-7-5-3-2-4-6-8-14/h9-11H,2-8,12H2,1H3,(H,20,21). The maximum atomic E-state index is 11.8. The van der Waals surface area contributed by atoms with Gasteiger partial charge >= 0.3 is 0 Å². The third-order valence-electron chi connectivity index (χ3n) is 3.77. The van der Waals surface area contributed by atoms with Crippen molar-refractivity contribution in [1.29, 1.82) is 0 Å². The zero-order chi connectivity index (χ0) is 15.8. The van der Waals surface area contributed by atoms with Crippen LogP contribution in [0.4, 0.5) is 0 Å². The van der Waals surface area contributed by atoms with E-state index in [0.717, 1.165) is 37.0 Å². The number of hydrogen-bond acceptors (Lipinski definition) is 3. The van der Waals surface area contributed by atoms with Crippen LogP contribution in [0.1, 0.15) is 50.5 Å². The summed E-state index contributed by atoms with van der Waals surface area (Å²) in [6.45, 7) is 1.85. The molecule has 0 saturated heterocycles. The lowest BCUT2D eigenvalue weighted by atomic mass is 9.99. The summed E-state index contributed by atoms with van der Waals surface area (Å²) in [5.74, 6) is 0.401. The van der Waals surface area contributed by atoms with Crippen molar-refractivity contribution in [2.45, 2.75) is 51.9 Å². The third kappa shape index (κ3) is 5.68. The molecule has 1 fully saturated rings. The van der Waals surface area contributed by atoms with Gasteiger partial charge in [-0.2, -0.15) is 5.10 Å². The molecule has 0 bridgehead atoms. The summed E-state index contributed by atoms with van der Waals surface area (Å²) in [6.07, 6.45) is 8.12. The normalized spacial score (nSPS) is 15.6. The van der Waals surface area contributed by atoms with Gasteiger partial charge in [-0.05, 0) is 56.4 Å². The molecule has 1 aliphatic carbocycles. The fraction of sp³-hybridized carbons (Fsp3) is 0.529. The first-order valence-electron chi connectivity index (χ1n) is 7.88. The molecule has 5 heteroatoms. The van der Waals surface area contributed by atoms with E-state index in [0.29, 0.717) is 10.8 Å². The van der Waals surface area contributed by atoms with Crippen molar-refractivity contribution in [3.63, 3.8) is 0 Å². The zero-order valence-corrected chi connectivity index (χ0v) is 13.8. The highest BCUT2D eigenvalue weighted by Crippen LogP contribution is 2.20. The zero-order valence-electron chi connectivity index (χ0n) is 13.0. The van der Waals surface area contributed by atoms with E-state index in [4.69, 9.17) is 16.3 Å². The van der Waals surface area contributed by atoms with E-state index in [1.165, 1.54) is 19.3 Å². The van der Waals surface area contributed by atoms with Crippen LogP contribution in [-0.4, -0.2) is 18.2 Å². The van der Waals surface area contributed by atoms with E-state index in [9.17, 15) is 4.79 Å². The van der Waals surface area contributed by atoms with Crippen molar-refractivity contribution in [3.05, 3.63) is 28.8 Å². The van der Waals surface area contributed by atoms with Gasteiger partial charge in [-0.3, -0.25) is 4.79 Å². The van der Waals surface area contributed by atoms with E-state index in [2.05, 4.69) is 10.5 Å². The minimum atomic E-state index is -0.234.